The molecular weight excluding hydrogens is 264 g/mol. The SMILES string of the molecule is CCOC(=O)Cc1nc([N+](=O)[O-])c(C(F)F)cc1N. The van der Waals surface area contributed by atoms with Crippen molar-refractivity contribution in [1.29, 1.82) is 0 Å². The number of nitrogens with two attached hydrogens (primary N) is 1. The van der Waals surface area contributed by atoms with E-state index in [1.165, 1.54) is 0 Å². The second kappa shape index (κ2) is 6.03. The molecule has 0 aliphatic carbocycles. The molecule has 0 bridgehead atoms. The molecule has 0 saturated heterocycles. The van der Waals surface area contributed by atoms with E-state index >= 15 is 0 Å². The number of hydrogen-bond donors (Lipinski definition) is 1. The van der Waals surface area contributed by atoms with Crippen molar-refractivity contribution in [3.63, 3.8) is 0 Å². The van der Waals surface area contributed by atoms with Gasteiger partial charge in [-0.2, -0.15) is 0 Å². The summed E-state index contributed by atoms with van der Waals surface area (Å²) in [5.74, 6) is -1.70. The van der Waals surface area contributed by atoms with E-state index in [2.05, 4.69) is 9.72 Å². The summed E-state index contributed by atoms with van der Waals surface area (Å²) in [6.07, 6.45) is -3.49. The van der Waals surface area contributed by atoms with E-state index in [9.17, 15) is 23.7 Å². The summed E-state index contributed by atoms with van der Waals surface area (Å²) in [4.78, 5) is 24.2. The van der Waals surface area contributed by atoms with Crippen molar-refractivity contribution < 1.29 is 23.2 Å². The lowest BCUT2D eigenvalue weighted by Crippen LogP contribution is -2.13. The molecule has 0 radical (unpaired) electrons. The number of pyridine rings is 1. The minimum absolute atomic E-state index is 0.121. The number of nitrogens with zero attached hydrogens (tertiary/aromatic N) is 2. The molecule has 0 aliphatic heterocycles. The molecule has 7 nitrogen and oxygen atoms in total. The van der Waals surface area contributed by atoms with Crippen LogP contribution in [0.5, 0.6) is 0 Å². The smallest absolute Gasteiger partial charge is 0.372 e. The van der Waals surface area contributed by atoms with E-state index in [0.29, 0.717) is 0 Å². The Hall–Kier alpha value is -2.32. The fourth-order valence-electron chi connectivity index (χ4n) is 1.37. The third-order valence-electron chi connectivity index (χ3n) is 2.17. The van der Waals surface area contributed by atoms with Gasteiger partial charge < -0.3 is 20.6 Å². The lowest BCUT2D eigenvalue weighted by Gasteiger charge is -2.06. The van der Waals surface area contributed by atoms with Crippen LogP contribution in [-0.2, 0) is 16.0 Å². The highest BCUT2D eigenvalue weighted by molar-refractivity contribution is 5.74. The second-order valence-corrected chi connectivity index (χ2v) is 3.48. The highest BCUT2D eigenvalue weighted by Gasteiger charge is 2.27. The summed E-state index contributed by atoms with van der Waals surface area (Å²) in [5.41, 5.74) is 4.20. The van der Waals surface area contributed by atoms with Crippen LogP contribution in [0.2, 0.25) is 0 Å². The van der Waals surface area contributed by atoms with Crippen LogP contribution in [-0.4, -0.2) is 22.5 Å². The maximum atomic E-state index is 12.6. The number of aromatic nitrogens is 1. The summed E-state index contributed by atoms with van der Waals surface area (Å²) in [7, 11) is 0. The molecule has 104 valence electrons. The number of nitrogen functional groups attached to an aromatic ring is 1. The molecule has 0 fully saturated rings. The van der Waals surface area contributed by atoms with Gasteiger partial charge in [0.15, 0.2) is 5.69 Å². The van der Waals surface area contributed by atoms with E-state index in [-0.39, 0.29) is 18.0 Å². The van der Waals surface area contributed by atoms with Crippen LogP contribution in [0.4, 0.5) is 20.3 Å². The van der Waals surface area contributed by atoms with Gasteiger partial charge in [0.2, 0.25) is 0 Å². The summed E-state index contributed by atoms with van der Waals surface area (Å²) < 4.78 is 29.8. The zero-order chi connectivity index (χ0) is 14.6. The third kappa shape index (κ3) is 3.57. The molecule has 0 amide bonds. The molecule has 0 spiro atoms. The van der Waals surface area contributed by atoms with E-state index in [4.69, 9.17) is 5.73 Å². The molecule has 2 N–H and O–H groups in total. The average molecular weight is 275 g/mol. The lowest BCUT2D eigenvalue weighted by molar-refractivity contribution is -0.391. The number of hydrogen-bond acceptors (Lipinski definition) is 6. The number of nitro groups is 1. The van der Waals surface area contributed by atoms with Gasteiger partial charge in [-0.1, -0.05) is 0 Å². The molecule has 0 saturated carbocycles. The van der Waals surface area contributed by atoms with Gasteiger partial charge in [-0.3, -0.25) is 4.79 Å². The molecule has 1 aromatic heterocycles. The fraction of sp³-hybridized carbons (Fsp3) is 0.400. The normalized spacial score (nSPS) is 10.5. The number of esters is 1. The Morgan fingerprint density at radius 2 is 2.26 bits per heavy atom. The number of carbonyl (C=O) groups excluding carboxylic acids is 1. The van der Waals surface area contributed by atoms with Crippen molar-refractivity contribution >= 4 is 17.5 Å². The first-order valence-electron chi connectivity index (χ1n) is 5.24. The van der Waals surface area contributed by atoms with Crippen LogP contribution >= 0.6 is 0 Å². The van der Waals surface area contributed by atoms with Gasteiger partial charge in [0.25, 0.3) is 6.43 Å². The maximum absolute atomic E-state index is 12.6. The standard InChI is InChI=1S/C10H11F2N3O4/c1-2-19-8(16)4-7-6(13)3-5(9(11)12)10(14-7)15(17)18/h3,9H,2,4,13H2,1H3. The first-order chi connectivity index (χ1) is 8.86. The molecule has 0 unspecified atom stereocenters. The quantitative estimate of drug-likeness (QED) is 0.497. The fourth-order valence-corrected chi connectivity index (χ4v) is 1.37. The van der Waals surface area contributed by atoms with Gasteiger partial charge in [-0.25, -0.2) is 8.78 Å². The first kappa shape index (κ1) is 14.7. The molecule has 0 aromatic carbocycles. The van der Waals surface area contributed by atoms with E-state index < -0.39 is 35.1 Å². The molecule has 1 aromatic rings. The highest BCUT2D eigenvalue weighted by atomic mass is 19.3. The predicted octanol–water partition coefficient (Wildman–Crippen LogP) is 1.62. The summed E-state index contributed by atoms with van der Waals surface area (Å²) in [6, 6.07) is 0.754. The van der Waals surface area contributed by atoms with E-state index in [0.717, 1.165) is 6.07 Å². The van der Waals surface area contributed by atoms with Crippen molar-refractivity contribution in [2.24, 2.45) is 0 Å². The van der Waals surface area contributed by atoms with Crippen LogP contribution in [0.25, 0.3) is 0 Å². The van der Waals surface area contributed by atoms with Crippen LogP contribution in [0, 0.1) is 10.1 Å². The Morgan fingerprint density at radius 3 is 2.74 bits per heavy atom. The van der Waals surface area contributed by atoms with Gasteiger partial charge in [0.05, 0.1) is 12.3 Å². The van der Waals surface area contributed by atoms with Crippen molar-refractivity contribution in [2.75, 3.05) is 12.3 Å². The first-order valence-corrected chi connectivity index (χ1v) is 5.24. The van der Waals surface area contributed by atoms with Crippen LogP contribution < -0.4 is 5.73 Å². The minimum atomic E-state index is -3.08. The number of halogens is 2. The van der Waals surface area contributed by atoms with Crippen molar-refractivity contribution in [1.82, 2.24) is 4.98 Å². The minimum Gasteiger partial charge on any atom is -0.466 e. The number of ether oxygens (including phenoxy) is 1. The molecule has 0 aliphatic rings. The van der Waals surface area contributed by atoms with Crippen molar-refractivity contribution in [2.45, 2.75) is 19.8 Å². The highest BCUT2D eigenvalue weighted by Crippen LogP contribution is 2.30. The van der Waals surface area contributed by atoms with Crippen LogP contribution in [0.1, 0.15) is 24.6 Å². The number of rotatable bonds is 5. The molecular formula is C10H11F2N3O4. The molecule has 19 heavy (non-hydrogen) atoms. The Balaban J connectivity index is 3.17. The lowest BCUT2D eigenvalue weighted by atomic mass is 10.1. The van der Waals surface area contributed by atoms with Gasteiger partial charge >= 0.3 is 11.8 Å². The van der Waals surface area contributed by atoms with Crippen molar-refractivity contribution in [3.05, 3.63) is 27.4 Å². The predicted molar refractivity (Wildman–Crippen MR) is 60.6 cm³/mol. The largest absolute Gasteiger partial charge is 0.466 e. The molecule has 0 atom stereocenters. The van der Waals surface area contributed by atoms with Gasteiger partial charge in [-0.05, 0) is 22.9 Å². The Labute approximate surface area is 106 Å². The van der Waals surface area contributed by atoms with Crippen molar-refractivity contribution in [3.8, 4) is 0 Å². The molecule has 9 heteroatoms. The Bertz CT molecular complexity index is 508. The van der Waals surface area contributed by atoms with E-state index in [1.54, 1.807) is 6.92 Å². The zero-order valence-electron chi connectivity index (χ0n) is 9.93. The molecule has 1 heterocycles. The summed E-state index contributed by atoms with van der Waals surface area (Å²) in [5, 5.41) is 10.7. The third-order valence-corrected chi connectivity index (χ3v) is 2.17. The van der Waals surface area contributed by atoms with E-state index in [1.807, 2.05) is 0 Å². The van der Waals surface area contributed by atoms with Crippen LogP contribution in [0.3, 0.4) is 0 Å². The maximum Gasteiger partial charge on any atom is 0.372 e. The monoisotopic (exact) mass is 275 g/mol. The zero-order valence-corrected chi connectivity index (χ0v) is 9.93. The average Bonchev–Trinajstić information content (AvgIpc) is 2.31. The molecule has 1 rings (SSSR count). The Morgan fingerprint density at radius 1 is 1.63 bits per heavy atom. The second-order valence-electron chi connectivity index (χ2n) is 3.48. The van der Waals surface area contributed by atoms with Gasteiger partial charge in [-0.15, -0.1) is 0 Å². The van der Waals surface area contributed by atoms with Crippen LogP contribution in [0.15, 0.2) is 6.07 Å². The Kier molecular flexibility index (Phi) is 4.67. The number of anilines is 1. The number of carbonyl (C=O) groups is 1. The van der Waals surface area contributed by atoms with Gasteiger partial charge in [0, 0.05) is 0 Å². The van der Waals surface area contributed by atoms with Gasteiger partial charge in [0.1, 0.15) is 12.0 Å². The number of alkyl halides is 2. The summed E-state index contributed by atoms with van der Waals surface area (Å²) in [6.45, 7) is 1.70. The topological polar surface area (TPSA) is 108 Å². The summed E-state index contributed by atoms with van der Waals surface area (Å²) >= 11 is 0.